The Balaban J connectivity index is 2.48. The third kappa shape index (κ3) is 2.91. The molecular formula is C9H16N2O3S. The molecule has 6 heteroatoms. The Labute approximate surface area is 90.5 Å². The van der Waals surface area contributed by atoms with Crippen molar-refractivity contribution in [3.8, 4) is 6.07 Å². The smallest absolute Gasteiger partial charge is 0.228 e. The van der Waals surface area contributed by atoms with E-state index >= 15 is 0 Å². The van der Waals surface area contributed by atoms with E-state index in [2.05, 4.69) is 4.72 Å². The van der Waals surface area contributed by atoms with Gasteiger partial charge < -0.3 is 4.74 Å². The monoisotopic (exact) mass is 232 g/mol. The third-order valence-electron chi connectivity index (χ3n) is 2.65. The lowest BCUT2D eigenvalue weighted by molar-refractivity contribution is 0.0236. The quantitative estimate of drug-likeness (QED) is 0.743. The van der Waals surface area contributed by atoms with E-state index in [0.717, 1.165) is 0 Å². The molecule has 0 aromatic heterocycles. The van der Waals surface area contributed by atoms with Crippen molar-refractivity contribution >= 4 is 10.0 Å². The van der Waals surface area contributed by atoms with Crippen molar-refractivity contribution in [3.05, 3.63) is 0 Å². The molecule has 0 bridgehead atoms. The highest BCUT2D eigenvalue weighted by atomic mass is 32.2. The Bertz CT molecular complexity index is 341. The summed E-state index contributed by atoms with van der Waals surface area (Å²) in [5, 5.41) is 7.72. The Morgan fingerprint density at radius 1 is 1.60 bits per heavy atom. The molecule has 0 aromatic carbocycles. The van der Waals surface area contributed by atoms with E-state index in [9.17, 15) is 8.42 Å². The summed E-state index contributed by atoms with van der Waals surface area (Å²) in [5.74, 6) is 0. The number of nitrogens with zero attached hydrogens (tertiary/aromatic N) is 1. The molecule has 86 valence electrons. The highest BCUT2D eigenvalue weighted by molar-refractivity contribution is 7.90. The first-order valence-corrected chi connectivity index (χ1v) is 6.51. The van der Waals surface area contributed by atoms with Crippen LogP contribution in [0.25, 0.3) is 0 Å². The largest absolute Gasteiger partial charge is 0.381 e. The molecule has 0 radical (unpaired) electrons. The molecule has 1 fully saturated rings. The van der Waals surface area contributed by atoms with E-state index in [0.29, 0.717) is 19.3 Å². The van der Waals surface area contributed by atoms with Gasteiger partial charge in [-0.2, -0.15) is 5.26 Å². The molecule has 1 atom stereocenters. The summed E-state index contributed by atoms with van der Waals surface area (Å²) < 4.78 is 30.8. The van der Waals surface area contributed by atoms with Gasteiger partial charge in [0.25, 0.3) is 0 Å². The lowest BCUT2D eigenvalue weighted by Gasteiger charge is -2.34. The minimum Gasteiger partial charge on any atom is -0.381 e. The second kappa shape index (κ2) is 4.92. The van der Waals surface area contributed by atoms with Crippen LogP contribution in [0.5, 0.6) is 0 Å². The zero-order valence-corrected chi connectivity index (χ0v) is 9.75. The molecule has 1 saturated carbocycles. The van der Waals surface area contributed by atoms with Gasteiger partial charge in [0, 0.05) is 13.2 Å². The van der Waals surface area contributed by atoms with Gasteiger partial charge in [-0.05, 0) is 19.3 Å². The van der Waals surface area contributed by atoms with Gasteiger partial charge in [-0.1, -0.05) is 6.92 Å². The molecule has 0 amide bonds. The van der Waals surface area contributed by atoms with Crippen LogP contribution in [0.15, 0.2) is 0 Å². The standard InChI is InChI=1S/C9H16N2O3S/c1-3-9(6-10)15(12,13)11-7-4-8(5-7)14-2/h7-9,11H,3-5H2,1-2H3. The second-order valence-electron chi connectivity index (χ2n) is 3.71. The molecule has 5 nitrogen and oxygen atoms in total. The van der Waals surface area contributed by atoms with Crippen LogP contribution >= 0.6 is 0 Å². The third-order valence-corrected chi connectivity index (χ3v) is 4.50. The topological polar surface area (TPSA) is 79.2 Å². The lowest BCUT2D eigenvalue weighted by Crippen LogP contribution is -2.49. The van der Waals surface area contributed by atoms with Crippen LogP contribution in [0.2, 0.25) is 0 Å². The van der Waals surface area contributed by atoms with Crippen LogP contribution in [0, 0.1) is 11.3 Å². The van der Waals surface area contributed by atoms with Gasteiger partial charge >= 0.3 is 0 Å². The summed E-state index contributed by atoms with van der Waals surface area (Å²) >= 11 is 0. The average Bonchev–Trinajstić information content (AvgIpc) is 2.12. The minimum atomic E-state index is -3.48. The number of ether oxygens (including phenoxy) is 1. The van der Waals surface area contributed by atoms with E-state index in [1.807, 2.05) is 0 Å². The van der Waals surface area contributed by atoms with Crippen molar-refractivity contribution in [2.24, 2.45) is 0 Å². The van der Waals surface area contributed by atoms with E-state index < -0.39 is 15.3 Å². The van der Waals surface area contributed by atoms with Crippen molar-refractivity contribution in [1.82, 2.24) is 4.72 Å². The predicted octanol–water partition coefficient (Wildman–Crippen LogP) is 0.385. The van der Waals surface area contributed by atoms with Gasteiger partial charge in [-0.15, -0.1) is 0 Å². The van der Waals surface area contributed by atoms with Crippen LogP contribution in [-0.4, -0.2) is 32.9 Å². The fourth-order valence-electron chi connectivity index (χ4n) is 1.55. The molecule has 0 saturated heterocycles. The fourth-order valence-corrected chi connectivity index (χ4v) is 2.95. The summed E-state index contributed by atoms with van der Waals surface area (Å²) in [4.78, 5) is 0. The second-order valence-corrected chi connectivity index (χ2v) is 5.61. The van der Waals surface area contributed by atoms with Crippen LogP contribution in [0.4, 0.5) is 0 Å². The molecular weight excluding hydrogens is 216 g/mol. The average molecular weight is 232 g/mol. The Morgan fingerprint density at radius 3 is 2.60 bits per heavy atom. The predicted molar refractivity (Wildman–Crippen MR) is 55.6 cm³/mol. The normalized spacial score (nSPS) is 27.8. The van der Waals surface area contributed by atoms with Crippen molar-refractivity contribution < 1.29 is 13.2 Å². The number of nitriles is 1. The molecule has 15 heavy (non-hydrogen) atoms. The van der Waals surface area contributed by atoms with Gasteiger partial charge in [-0.3, -0.25) is 0 Å². The first-order valence-electron chi connectivity index (χ1n) is 4.97. The summed E-state index contributed by atoms with van der Waals surface area (Å²) in [5.41, 5.74) is 0. The van der Waals surface area contributed by atoms with Crippen molar-refractivity contribution in [3.63, 3.8) is 0 Å². The van der Waals surface area contributed by atoms with Gasteiger partial charge in [0.15, 0.2) is 5.25 Å². The van der Waals surface area contributed by atoms with E-state index in [1.165, 1.54) is 0 Å². The van der Waals surface area contributed by atoms with E-state index in [4.69, 9.17) is 10.00 Å². The molecule has 1 N–H and O–H groups in total. The number of hydrogen-bond acceptors (Lipinski definition) is 4. The molecule has 1 aliphatic carbocycles. The maximum absolute atomic E-state index is 11.6. The van der Waals surface area contributed by atoms with E-state index in [-0.39, 0.29) is 12.1 Å². The molecule has 1 rings (SSSR count). The van der Waals surface area contributed by atoms with Crippen LogP contribution < -0.4 is 4.72 Å². The number of methoxy groups -OCH3 is 1. The SMILES string of the molecule is CCC(C#N)S(=O)(=O)NC1CC(OC)C1. The van der Waals surface area contributed by atoms with Crippen molar-refractivity contribution in [2.75, 3.05) is 7.11 Å². The molecule has 1 unspecified atom stereocenters. The molecule has 0 aliphatic heterocycles. The first-order chi connectivity index (χ1) is 7.03. The van der Waals surface area contributed by atoms with Crippen LogP contribution in [0.1, 0.15) is 26.2 Å². The minimum absolute atomic E-state index is 0.0673. The van der Waals surface area contributed by atoms with Crippen molar-refractivity contribution in [1.29, 1.82) is 5.26 Å². The number of hydrogen-bond donors (Lipinski definition) is 1. The van der Waals surface area contributed by atoms with Crippen LogP contribution in [-0.2, 0) is 14.8 Å². The molecule has 0 spiro atoms. The summed E-state index contributed by atoms with van der Waals surface area (Å²) in [6, 6.07) is 1.72. The Morgan fingerprint density at radius 2 is 2.20 bits per heavy atom. The lowest BCUT2D eigenvalue weighted by atomic mass is 9.90. The molecule has 0 heterocycles. The number of rotatable bonds is 5. The van der Waals surface area contributed by atoms with Gasteiger partial charge in [-0.25, -0.2) is 13.1 Å². The van der Waals surface area contributed by atoms with Crippen LogP contribution in [0.3, 0.4) is 0 Å². The highest BCUT2D eigenvalue weighted by Crippen LogP contribution is 2.23. The Hall–Kier alpha value is -0.640. The van der Waals surface area contributed by atoms with E-state index in [1.54, 1.807) is 20.1 Å². The maximum atomic E-state index is 11.6. The zero-order valence-electron chi connectivity index (χ0n) is 8.93. The number of nitrogens with one attached hydrogen (secondary N) is 1. The van der Waals surface area contributed by atoms with Gasteiger partial charge in [0.05, 0.1) is 12.2 Å². The molecule has 1 aliphatic rings. The Kier molecular flexibility index (Phi) is 4.08. The first kappa shape index (κ1) is 12.4. The number of sulfonamides is 1. The summed E-state index contributed by atoms with van der Waals surface area (Å²) in [6.45, 7) is 1.69. The van der Waals surface area contributed by atoms with Crippen molar-refractivity contribution in [2.45, 2.75) is 43.6 Å². The molecule has 0 aromatic rings. The van der Waals surface area contributed by atoms with Gasteiger partial charge in [0.1, 0.15) is 0 Å². The van der Waals surface area contributed by atoms with Gasteiger partial charge in [0.2, 0.25) is 10.0 Å². The maximum Gasteiger partial charge on any atom is 0.228 e. The fraction of sp³-hybridized carbons (Fsp3) is 0.889. The summed E-state index contributed by atoms with van der Waals surface area (Å²) in [7, 11) is -1.87. The highest BCUT2D eigenvalue weighted by Gasteiger charge is 2.34. The summed E-state index contributed by atoms with van der Waals surface area (Å²) in [6.07, 6.45) is 1.85. The zero-order chi connectivity index (χ0) is 11.5.